The van der Waals surface area contributed by atoms with Gasteiger partial charge in [-0.2, -0.15) is 0 Å². The number of hydrogen-bond donors (Lipinski definition) is 1. The normalized spacial score (nSPS) is 12.7. The third-order valence-corrected chi connectivity index (χ3v) is 4.60. The molecule has 23 heavy (non-hydrogen) atoms. The van der Waals surface area contributed by atoms with Crippen LogP contribution in [0.1, 0.15) is 12.5 Å². The number of nitrogens with one attached hydrogen (secondary N) is 1. The number of hydrogen-bond acceptors (Lipinski definition) is 3. The average Bonchev–Trinajstić information content (AvgIpc) is 2.47. The van der Waals surface area contributed by atoms with E-state index in [2.05, 4.69) is 0 Å². The molecule has 1 N–H and O–H groups in total. The summed E-state index contributed by atoms with van der Waals surface area (Å²) >= 11 is 0. The van der Waals surface area contributed by atoms with Crippen LogP contribution >= 0.6 is 0 Å². The van der Waals surface area contributed by atoms with E-state index >= 15 is 0 Å². The summed E-state index contributed by atoms with van der Waals surface area (Å²) < 4.78 is 52.0. The molecule has 0 aliphatic carbocycles. The Morgan fingerprint density at radius 3 is 2.35 bits per heavy atom. The predicted molar refractivity (Wildman–Crippen MR) is 81.0 cm³/mol. The van der Waals surface area contributed by atoms with E-state index in [-0.39, 0.29) is 11.3 Å². The first kappa shape index (κ1) is 17.1. The van der Waals surface area contributed by atoms with Gasteiger partial charge in [0.15, 0.2) is 0 Å². The third-order valence-electron chi connectivity index (χ3n) is 3.24. The lowest BCUT2D eigenvalue weighted by molar-refractivity contribution is -0.122. The second-order valence-electron chi connectivity index (χ2n) is 5.16. The molecule has 1 atom stereocenters. The number of halogens is 2. The van der Waals surface area contributed by atoms with Gasteiger partial charge in [-0.1, -0.05) is 19.1 Å². The number of amides is 1. The van der Waals surface area contributed by atoms with E-state index in [9.17, 15) is 22.0 Å². The minimum Gasteiger partial charge on any atom is -0.274 e. The van der Waals surface area contributed by atoms with Gasteiger partial charge in [0.1, 0.15) is 11.6 Å². The van der Waals surface area contributed by atoms with Crippen LogP contribution < -0.4 is 4.72 Å². The summed E-state index contributed by atoms with van der Waals surface area (Å²) in [5.41, 5.74) is 0.590. The molecule has 2 rings (SSSR count). The zero-order valence-electron chi connectivity index (χ0n) is 12.3. The molecule has 0 aliphatic heterocycles. The van der Waals surface area contributed by atoms with Gasteiger partial charge >= 0.3 is 0 Å². The molecule has 122 valence electrons. The molecule has 0 unspecified atom stereocenters. The fourth-order valence-corrected chi connectivity index (χ4v) is 3.09. The number of carbonyl (C=O) groups is 1. The lowest BCUT2D eigenvalue weighted by atomic mass is 10.0. The first-order chi connectivity index (χ1) is 10.8. The first-order valence-corrected chi connectivity index (χ1v) is 8.33. The average molecular weight is 339 g/mol. The quantitative estimate of drug-likeness (QED) is 0.911. The van der Waals surface area contributed by atoms with Crippen LogP contribution in [0.5, 0.6) is 0 Å². The van der Waals surface area contributed by atoms with Crippen molar-refractivity contribution in [2.24, 2.45) is 5.92 Å². The Bertz CT molecular complexity index is 804. The van der Waals surface area contributed by atoms with Crippen LogP contribution in [0, 0.1) is 17.6 Å². The van der Waals surface area contributed by atoms with Gasteiger partial charge in [0.05, 0.1) is 4.90 Å². The van der Waals surface area contributed by atoms with E-state index in [4.69, 9.17) is 0 Å². The van der Waals surface area contributed by atoms with E-state index in [0.29, 0.717) is 5.56 Å². The fourth-order valence-electron chi connectivity index (χ4n) is 2.02. The minimum atomic E-state index is -4.06. The highest BCUT2D eigenvalue weighted by Crippen LogP contribution is 2.13. The van der Waals surface area contributed by atoms with Gasteiger partial charge in [-0.15, -0.1) is 0 Å². The van der Waals surface area contributed by atoms with Crippen molar-refractivity contribution in [2.45, 2.75) is 18.2 Å². The van der Waals surface area contributed by atoms with E-state index in [1.807, 2.05) is 4.72 Å². The molecule has 2 aromatic rings. The molecular formula is C16H15F2NO3S. The Hall–Kier alpha value is -2.28. The molecule has 0 fully saturated rings. The van der Waals surface area contributed by atoms with Crippen molar-refractivity contribution in [2.75, 3.05) is 0 Å². The lowest BCUT2D eigenvalue weighted by Gasteiger charge is -2.13. The molecule has 7 heteroatoms. The molecule has 0 heterocycles. The van der Waals surface area contributed by atoms with Crippen molar-refractivity contribution in [3.8, 4) is 0 Å². The minimum absolute atomic E-state index is 0.197. The van der Waals surface area contributed by atoms with Gasteiger partial charge in [-0.05, 0) is 48.4 Å². The molecule has 1 amide bonds. The lowest BCUT2D eigenvalue weighted by Crippen LogP contribution is -2.35. The predicted octanol–water partition coefficient (Wildman–Crippen LogP) is 2.65. The first-order valence-electron chi connectivity index (χ1n) is 6.84. The van der Waals surface area contributed by atoms with E-state index in [1.54, 1.807) is 13.0 Å². The van der Waals surface area contributed by atoms with Gasteiger partial charge in [0, 0.05) is 5.92 Å². The molecule has 0 aliphatic rings. The second kappa shape index (κ2) is 6.87. The number of carbonyl (C=O) groups excluding carboxylic acids is 1. The monoisotopic (exact) mass is 339 g/mol. The largest absolute Gasteiger partial charge is 0.274 e. The van der Waals surface area contributed by atoms with Crippen molar-refractivity contribution in [1.29, 1.82) is 0 Å². The number of rotatable bonds is 5. The zero-order valence-corrected chi connectivity index (χ0v) is 13.1. The maximum absolute atomic E-state index is 13.1. The zero-order chi connectivity index (χ0) is 17.0. The Kier molecular flexibility index (Phi) is 5.10. The van der Waals surface area contributed by atoms with Gasteiger partial charge in [0.25, 0.3) is 10.0 Å². The summed E-state index contributed by atoms with van der Waals surface area (Å²) in [6.45, 7) is 1.54. The molecule has 0 saturated heterocycles. The highest BCUT2D eigenvalue weighted by Gasteiger charge is 2.22. The topological polar surface area (TPSA) is 63.2 Å². The molecule has 0 saturated carbocycles. The molecular weight excluding hydrogens is 324 g/mol. The molecule has 0 aromatic heterocycles. The molecule has 4 nitrogen and oxygen atoms in total. The Morgan fingerprint density at radius 1 is 1.09 bits per heavy atom. The maximum Gasteiger partial charge on any atom is 0.264 e. The summed E-state index contributed by atoms with van der Waals surface area (Å²) in [5.74, 6) is -2.38. The van der Waals surface area contributed by atoms with Gasteiger partial charge in [0.2, 0.25) is 5.91 Å². The van der Waals surface area contributed by atoms with Crippen molar-refractivity contribution < 1.29 is 22.0 Å². The summed E-state index contributed by atoms with van der Waals surface area (Å²) in [6.07, 6.45) is 0.197. The molecule has 2 aromatic carbocycles. The highest BCUT2D eigenvalue weighted by molar-refractivity contribution is 7.90. The standard InChI is InChI=1S/C16H15F2NO3S/c1-11(9-12-3-2-4-14(18)10-12)16(20)19-23(21,22)15-7-5-13(17)6-8-15/h2-8,10-11H,9H2,1H3,(H,19,20)/t11-/m1/s1. The fraction of sp³-hybridized carbons (Fsp3) is 0.188. The Balaban J connectivity index is 2.06. The summed E-state index contributed by atoms with van der Waals surface area (Å²) in [6, 6.07) is 9.88. The maximum atomic E-state index is 13.1. The van der Waals surface area contributed by atoms with Crippen molar-refractivity contribution in [3.05, 3.63) is 65.7 Å². The smallest absolute Gasteiger partial charge is 0.264 e. The Morgan fingerprint density at radius 2 is 1.74 bits per heavy atom. The summed E-state index contributed by atoms with van der Waals surface area (Å²) in [5, 5.41) is 0. The van der Waals surface area contributed by atoms with Crippen molar-refractivity contribution >= 4 is 15.9 Å². The van der Waals surface area contributed by atoms with Crippen LogP contribution in [-0.2, 0) is 21.2 Å². The molecule has 0 bridgehead atoms. The summed E-state index contributed by atoms with van der Waals surface area (Å²) in [4.78, 5) is 11.8. The van der Waals surface area contributed by atoms with E-state index < -0.39 is 33.5 Å². The number of benzene rings is 2. The highest BCUT2D eigenvalue weighted by atomic mass is 32.2. The second-order valence-corrected chi connectivity index (χ2v) is 6.84. The summed E-state index contributed by atoms with van der Waals surface area (Å²) in [7, 11) is -4.06. The van der Waals surface area contributed by atoms with Crippen LogP contribution in [0.25, 0.3) is 0 Å². The van der Waals surface area contributed by atoms with Gasteiger partial charge in [-0.25, -0.2) is 21.9 Å². The van der Waals surface area contributed by atoms with Crippen molar-refractivity contribution in [1.82, 2.24) is 4.72 Å². The van der Waals surface area contributed by atoms with Crippen LogP contribution in [0.15, 0.2) is 53.4 Å². The van der Waals surface area contributed by atoms with Crippen LogP contribution in [0.3, 0.4) is 0 Å². The molecule has 0 spiro atoms. The Labute approximate surface area is 133 Å². The van der Waals surface area contributed by atoms with Gasteiger partial charge < -0.3 is 0 Å². The van der Waals surface area contributed by atoms with Crippen LogP contribution in [-0.4, -0.2) is 14.3 Å². The van der Waals surface area contributed by atoms with E-state index in [1.165, 1.54) is 18.2 Å². The number of sulfonamides is 1. The van der Waals surface area contributed by atoms with E-state index in [0.717, 1.165) is 24.3 Å². The SMILES string of the molecule is C[C@H](Cc1cccc(F)c1)C(=O)NS(=O)(=O)c1ccc(F)cc1. The van der Waals surface area contributed by atoms with Crippen LogP contribution in [0.4, 0.5) is 8.78 Å². The van der Waals surface area contributed by atoms with Crippen LogP contribution in [0.2, 0.25) is 0 Å². The third kappa shape index (κ3) is 4.59. The molecule has 0 radical (unpaired) electrons. The van der Waals surface area contributed by atoms with Crippen molar-refractivity contribution in [3.63, 3.8) is 0 Å². The van der Waals surface area contributed by atoms with Gasteiger partial charge in [-0.3, -0.25) is 4.79 Å².